The number of para-hydroxylation sites is 2. The summed E-state index contributed by atoms with van der Waals surface area (Å²) >= 11 is 0. The summed E-state index contributed by atoms with van der Waals surface area (Å²) < 4.78 is 7.25. The van der Waals surface area contributed by atoms with Crippen LogP contribution in [0.3, 0.4) is 0 Å². The van der Waals surface area contributed by atoms with Gasteiger partial charge in [0, 0.05) is 0 Å². The number of nitrogens with zero attached hydrogens (tertiary/aromatic N) is 2. The summed E-state index contributed by atoms with van der Waals surface area (Å²) in [5.41, 5.74) is 8.45. The van der Waals surface area contributed by atoms with Gasteiger partial charge in [0.25, 0.3) is 5.91 Å². The summed E-state index contributed by atoms with van der Waals surface area (Å²) in [6.45, 7) is 0. The first-order valence-corrected chi connectivity index (χ1v) is 7.82. The molecule has 4 rings (SSSR count). The molecule has 0 saturated carbocycles. The van der Waals surface area contributed by atoms with Gasteiger partial charge in [-0.15, -0.1) is 0 Å². The molecule has 0 radical (unpaired) electrons. The quantitative estimate of drug-likeness (QED) is 0.579. The van der Waals surface area contributed by atoms with Crippen LogP contribution < -0.4 is 5.73 Å². The van der Waals surface area contributed by atoms with E-state index >= 15 is 0 Å². The van der Waals surface area contributed by atoms with Crippen LogP contribution in [0.25, 0.3) is 34.4 Å². The number of nitrogens with two attached hydrogens (primary N) is 1. The zero-order chi connectivity index (χ0) is 17.2. The summed E-state index contributed by atoms with van der Waals surface area (Å²) in [6, 6.07) is 20.7. The van der Waals surface area contributed by atoms with Gasteiger partial charge in [0.1, 0.15) is 5.70 Å². The van der Waals surface area contributed by atoms with Gasteiger partial charge in [-0.1, -0.05) is 42.5 Å². The second-order valence-electron chi connectivity index (χ2n) is 5.54. The van der Waals surface area contributed by atoms with Gasteiger partial charge >= 0.3 is 0 Å². The van der Waals surface area contributed by atoms with E-state index < -0.39 is 5.91 Å². The van der Waals surface area contributed by atoms with Crippen molar-refractivity contribution in [1.29, 1.82) is 0 Å². The minimum Gasteiger partial charge on any atom is -0.461 e. The lowest BCUT2D eigenvalue weighted by molar-refractivity contribution is -0.113. The van der Waals surface area contributed by atoms with Crippen molar-refractivity contribution < 1.29 is 9.21 Å². The van der Waals surface area contributed by atoms with E-state index in [1.54, 1.807) is 29.0 Å². The third-order valence-corrected chi connectivity index (χ3v) is 3.90. The molecule has 2 aromatic heterocycles. The molecule has 0 bridgehead atoms. The van der Waals surface area contributed by atoms with Gasteiger partial charge in [-0.2, -0.15) is 0 Å². The second-order valence-corrected chi connectivity index (χ2v) is 5.54. The first kappa shape index (κ1) is 15.0. The lowest BCUT2D eigenvalue weighted by atomic mass is 10.2. The number of carbonyl (C=O) groups excluding carboxylic acids is 1. The van der Waals surface area contributed by atoms with Crippen LogP contribution in [-0.2, 0) is 4.79 Å². The molecule has 0 aliphatic heterocycles. The monoisotopic (exact) mass is 329 g/mol. The SMILES string of the molecule is NC(=O)/C(=C\c1ccccc1)n1c(-c2ccco2)nc2ccccc21. The average Bonchev–Trinajstić information content (AvgIpc) is 3.28. The van der Waals surface area contributed by atoms with Crippen molar-refractivity contribution in [2.24, 2.45) is 5.73 Å². The van der Waals surface area contributed by atoms with Gasteiger partial charge in [-0.3, -0.25) is 9.36 Å². The molecular formula is C20H15N3O2. The molecule has 2 aromatic carbocycles. The number of imidazole rings is 1. The van der Waals surface area contributed by atoms with E-state index in [4.69, 9.17) is 10.2 Å². The lowest BCUT2D eigenvalue weighted by Crippen LogP contribution is -2.18. The largest absolute Gasteiger partial charge is 0.461 e. The molecule has 0 aliphatic carbocycles. The van der Waals surface area contributed by atoms with Crippen molar-refractivity contribution in [1.82, 2.24) is 9.55 Å². The maximum Gasteiger partial charge on any atom is 0.265 e. The van der Waals surface area contributed by atoms with Crippen molar-refractivity contribution in [3.63, 3.8) is 0 Å². The van der Waals surface area contributed by atoms with Crippen LogP contribution in [0.15, 0.2) is 77.4 Å². The van der Waals surface area contributed by atoms with Crippen LogP contribution in [0.4, 0.5) is 0 Å². The first-order valence-electron chi connectivity index (χ1n) is 7.82. The Balaban J connectivity index is 2.02. The van der Waals surface area contributed by atoms with Crippen molar-refractivity contribution in [3.05, 3.63) is 78.6 Å². The Hall–Kier alpha value is -3.60. The molecule has 0 saturated heterocycles. The molecular weight excluding hydrogens is 314 g/mol. The molecule has 0 fully saturated rings. The minimum absolute atomic E-state index is 0.325. The molecule has 0 spiro atoms. The zero-order valence-electron chi connectivity index (χ0n) is 13.3. The summed E-state index contributed by atoms with van der Waals surface area (Å²) in [4.78, 5) is 16.9. The summed E-state index contributed by atoms with van der Waals surface area (Å²) in [6.07, 6.45) is 3.33. The number of rotatable bonds is 4. The van der Waals surface area contributed by atoms with Crippen molar-refractivity contribution in [2.75, 3.05) is 0 Å². The fraction of sp³-hybridized carbons (Fsp3) is 0. The van der Waals surface area contributed by atoms with E-state index in [2.05, 4.69) is 4.98 Å². The van der Waals surface area contributed by atoms with Crippen molar-refractivity contribution in [2.45, 2.75) is 0 Å². The molecule has 2 heterocycles. The van der Waals surface area contributed by atoms with Crippen LogP contribution in [0, 0.1) is 0 Å². The molecule has 5 nitrogen and oxygen atoms in total. The molecule has 122 valence electrons. The Morgan fingerprint density at radius 2 is 1.76 bits per heavy atom. The van der Waals surface area contributed by atoms with E-state index in [0.29, 0.717) is 17.3 Å². The van der Waals surface area contributed by atoms with Gasteiger partial charge in [0.2, 0.25) is 0 Å². The number of benzene rings is 2. The molecule has 4 aromatic rings. The third kappa shape index (κ3) is 2.72. The Morgan fingerprint density at radius 3 is 2.48 bits per heavy atom. The van der Waals surface area contributed by atoms with Crippen molar-refractivity contribution >= 4 is 28.7 Å². The van der Waals surface area contributed by atoms with Gasteiger partial charge in [-0.25, -0.2) is 4.98 Å². The maximum absolute atomic E-state index is 12.2. The van der Waals surface area contributed by atoms with Crippen LogP contribution in [0.5, 0.6) is 0 Å². The van der Waals surface area contributed by atoms with Gasteiger partial charge in [0.15, 0.2) is 11.6 Å². The molecule has 1 amide bonds. The second kappa shape index (κ2) is 6.13. The fourth-order valence-corrected chi connectivity index (χ4v) is 2.79. The maximum atomic E-state index is 12.2. The molecule has 5 heteroatoms. The van der Waals surface area contributed by atoms with Crippen molar-refractivity contribution in [3.8, 4) is 11.6 Å². The number of hydrogen-bond donors (Lipinski definition) is 1. The minimum atomic E-state index is -0.542. The summed E-state index contributed by atoms with van der Waals surface area (Å²) in [7, 11) is 0. The van der Waals surface area contributed by atoms with Crippen LogP contribution in [0.2, 0.25) is 0 Å². The van der Waals surface area contributed by atoms with E-state index in [9.17, 15) is 4.79 Å². The lowest BCUT2D eigenvalue weighted by Gasteiger charge is -2.10. The Morgan fingerprint density at radius 1 is 1.00 bits per heavy atom. The summed E-state index contributed by atoms with van der Waals surface area (Å²) in [5.74, 6) is 0.559. The molecule has 0 aliphatic rings. The van der Waals surface area contributed by atoms with Crippen LogP contribution in [0.1, 0.15) is 5.56 Å². The summed E-state index contributed by atoms with van der Waals surface area (Å²) in [5, 5.41) is 0. The Bertz CT molecular complexity index is 1060. The van der Waals surface area contributed by atoms with Crippen LogP contribution >= 0.6 is 0 Å². The van der Waals surface area contributed by atoms with Crippen LogP contribution in [-0.4, -0.2) is 15.5 Å². The molecule has 0 atom stereocenters. The highest BCUT2D eigenvalue weighted by molar-refractivity contribution is 6.19. The van der Waals surface area contributed by atoms with Gasteiger partial charge in [0.05, 0.1) is 17.3 Å². The zero-order valence-corrected chi connectivity index (χ0v) is 13.3. The number of primary amides is 1. The highest BCUT2D eigenvalue weighted by Gasteiger charge is 2.20. The predicted molar refractivity (Wildman–Crippen MR) is 97.2 cm³/mol. The highest BCUT2D eigenvalue weighted by atomic mass is 16.3. The van der Waals surface area contributed by atoms with Gasteiger partial charge < -0.3 is 10.2 Å². The number of fused-ring (bicyclic) bond motifs is 1. The highest BCUT2D eigenvalue weighted by Crippen LogP contribution is 2.29. The molecule has 2 N–H and O–H groups in total. The number of hydrogen-bond acceptors (Lipinski definition) is 3. The fourth-order valence-electron chi connectivity index (χ4n) is 2.79. The average molecular weight is 329 g/mol. The molecule has 0 unspecified atom stereocenters. The standard InChI is InChI=1S/C20H15N3O2/c21-19(24)17(13-14-7-2-1-3-8-14)23-16-10-5-4-9-15(16)22-20(23)18-11-6-12-25-18/h1-13H,(H2,21,24)/b17-13+. The topological polar surface area (TPSA) is 74.1 Å². The van der Waals surface area contributed by atoms with Gasteiger partial charge in [-0.05, 0) is 35.9 Å². The van der Waals surface area contributed by atoms with E-state index in [-0.39, 0.29) is 0 Å². The smallest absolute Gasteiger partial charge is 0.265 e. The van der Waals surface area contributed by atoms with E-state index in [0.717, 1.165) is 16.6 Å². The van der Waals surface area contributed by atoms with E-state index in [1.807, 2.05) is 54.6 Å². The normalized spacial score (nSPS) is 11.8. The number of amides is 1. The number of aromatic nitrogens is 2. The molecule has 25 heavy (non-hydrogen) atoms. The number of carbonyl (C=O) groups is 1. The number of furan rings is 1. The Labute approximate surface area is 144 Å². The predicted octanol–water partition coefficient (Wildman–Crippen LogP) is 3.78. The first-order chi connectivity index (χ1) is 12.2. The van der Waals surface area contributed by atoms with E-state index in [1.165, 1.54) is 0 Å². The Kier molecular flexibility index (Phi) is 3.67. The third-order valence-electron chi connectivity index (χ3n) is 3.90.